The van der Waals surface area contributed by atoms with Crippen molar-refractivity contribution in [3.63, 3.8) is 0 Å². The maximum Gasteiger partial charge on any atom is 0.324 e. The molecule has 0 aliphatic carbocycles. The number of likely N-dealkylation sites (tertiary alicyclic amines) is 1. The number of ether oxygens (including phenoxy) is 1. The molecule has 2 aliphatic heterocycles. The SMILES string of the molecule is COc1ccc(N2CCN(CCNCC(=O)N3CCC[C@@H]3C#N)C2=O)cc1. The van der Waals surface area contributed by atoms with Gasteiger partial charge in [0.2, 0.25) is 5.91 Å². The second kappa shape index (κ2) is 8.73. The van der Waals surface area contributed by atoms with E-state index >= 15 is 0 Å². The third kappa shape index (κ3) is 4.31. The van der Waals surface area contributed by atoms with E-state index in [-0.39, 0.29) is 24.5 Å². The first-order valence-electron chi connectivity index (χ1n) is 9.24. The van der Waals surface area contributed by atoms with Crippen LogP contribution in [0.5, 0.6) is 5.75 Å². The minimum Gasteiger partial charge on any atom is -0.497 e. The van der Waals surface area contributed by atoms with E-state index in [9.17, 15) is 9.59 Å². The van der Waals surface area contributed by atoms with Gasteiger partial charge in [-0.05, 0) is 37.1 Å². The minimum atomic E-state index is -0.294. The number of benzene rings is 1. The van der Waals surface area contributed by atoms with Crippen molar-refractivity contribution in [3.8, 4) is 11.8 Å². The number of carbonyl (C=O) groups is 2. The number of amides is 3. The molecule has 1 aromatic carbocycles. The Morgan fingerprint density at radius 1 is 1.30 bits per heavy atom. The molecular formula is C19H25N5O3. The Hall–Kier alpha value is -2.79. The largest absolute Gasteiger partial charge is 0.497 e. The lowest BCUT2D eigenvalue weighted by Crippen LogP contribution is -2.43. The number of carbonyl (C=O) groups excluding carboxylic acids is 2. The van der Waals surface area contributed by atoms with Gasteiger partial charge in [-0.3, -0.25) is 9.69 Å². The number of nitrogens with zero attached hydrogens (tertiary/aromatic N) is 4. The summed E-state index contributed by atoms with van der Waals surface area (Å²) in [6, 6.07) is 9.28. The van der Waals surface area contributed by atoms with E-state index < -0.39 is 0 Å². The summed E-state index contributed by atoms with van der Waals surface area (Å²) >= 11 is 0. The lowest BCUT2D eigenvalue weighted by molar-refractivity contribution is -0.130. The molecule has 0 radical (unpaired) electrons. The number of rotatable bonds is 7. The van der Waals surface area contributed by atoms with Gasteiger partial charge in [-0.2, -0.15) is 5.26 Å². The zero-order valence-electron chi connectivity index (χ0n) is 15.6. The molecular weight excluding hydrogens is 346 g/mol. The first-order valence-corrected chi connectivity index (χ1v) is 9.24. The molecule has 0 bridgehead atoms. The van der Waals surface area contributed by atoms with Crippen LogP contribution in [-0.4, -0.2) is 74.2 Å². The average Bonchev–Trinajstić information content (AvgIpc) is 3.32. The number of nitriles is 1. The summed E-state index contributed by atoms with van der Waals surface area (Å²) in [6.45, 7) is 3.23. The molecule has 144 valence electrons. The third-order valence-electron chi connectivity index (χ3n) is 5.04. The van der Waals surface area contributed by atoms with Gasteiger partial charge < -0.3 is 19.9 Å². The van der Waals surface area contributed by atoms with E-state index in [4.69, 9.17) is 10.00 Å². The summed E-state index contributed by atoms with van der Waals surface area (Å²) in [6.07, 6.45) is 1.64. The lowest BCUT2D eigenvalue weighted by Gasteiger charge is -2.21. The van der Waals surface area contributed by atoms with Crippen LogP contribution in [0.2, 0.25) is 0 Å². The highest BCUT2D eigenvalue weighted by Crippen LogP contribution is 2.23. The normalized spacial score (nSPS) is 19.5. The van der Waals surface area contributed by atoms with Crippen LogP contribution >= 0.6 is 0 Å². The molecule has 0 aromatic heterocycles. The van der Waals surface area contributed by atoms with Crippen LogP contribution in [-0.2, 0) is 4.79 Å². The molecule has 2 fully saturated rings. The van der Waals surface area contributed by atoms with Gasteiger partial charge in [-0.25, -0.2) is 4.79 Å². The highest BCUT2D eigenvalue weighted by Gasteiger charge is 2.30. The summed E-state index contributed by atoms with van der Waals surface area (Å²) in [4.78, 5) is 29.9. The average molecular weight is 371 g/mol. The summed E-state index contributed by atoms with van der Waals surface area (Å²) in [5.41, 5.74) is 0.850. The van der Waals surface area contributed by atoms with E-state index in [0.717, 1.165) is 24.3 Å². The molecule has 27 heavy (non-hydrogen) atoms. The van der Waals surface area contributed by atoms with Crippen LogP contribution in [0.25, 0.3) is 0 Å². The van der Waals surface area contributed by atoms with Crippen LogP contribution < -0.4 is 15.0 Å². The topological polar surface area (TPSA) is 88.9 Å². The van der Waals surface area contributed by atoms with Gasteiger partial charge in [0, 0.05) is 38.4 Å². The van der Waals surface area contributed by atoms with E-state index in [1.54, 1.807) is 21.8 Å². The molecule has 2 aliphatic rings. The Balaban J connectivity index is 1.42. The van der Waals surface area contributed by atoms with Gasteiger partial charge in [0.05, 0.1) is 19.7 Å². The predicted molar refractivity (Wildman–Crippen MR) is 101 cm³/mol. The molecule has 2 heterocycles. The quantitative estimate of drug-likeness (QED) is 0.724. The van der Waals surface area contributed by atoms with Crippen LogP contribution in [0.15, 0.2) is 24.3 Å². The standard InChI is InChI=1S/C19H25N5O3/c1-27-17-6-4-15(5-7-17)24-12-11-22(19(24)26)10-8-21-14-18(25)23-9-2-3-16(23)13-20/h4-7,16,21H,2-3,8-12,14H2,1H3/t16-/m1/s1. The fraction of sp³-hybridized carbons (Fsp3) is 0.526. The molecule has 3 amide bonds. The Morgan fingerprint density at radius 2 is 2.07 bits per heavy atom. The second-order valence-electron chi connectivity index (χ2n) is 6.67. The van der Waals surface area contributed by atoms with Gasteiger partial charge in [0.25, 0.3) is 0 Å². The van der Waals surface area contributed by atoms with E-state index in [0.29, 0.717) is 32.7 Å². The highest BCUT2D eigenvalue weighted by atomic mass is 16.5. The van der Waals surface area contributed by atoms with Crippen molar-refractivity contribution in [2.75, 3.05) is 51.3 Å². The molecule has 2 saturated heterocycles. The van der Waals surface area contributed by atoms with E-state index in [1.807, 2.05) is 24.3 Å². The Bertz CT molecular complexity index is 715. The number of hydrogen-bond donors (Lipinski definition) is 1. The van der Waals surface area contributed by atoms with Crippen molar-refractivity contribution in [3.05, 3.63) is 24.3 Å². The van der Waals surface area contributed by atoms with Crippen molar-refractivity contribution in [2.24, 2.45) is 0 Å². The number of hydrogen-bond acceptors (Lipinski definition) is 5. The Morgan fingerprint density at radius 3 is 2.78 bits per heavy atom. The molecule has 1 atom stereocenters. The van der Waals surface area contributed by atoms with E-state index in [2.05, 4.69) is 11.4 Å². The predicted octanol–water partition coefficient (Wildman–Crippen LogP) is 1.04. The maximum absolute atomic E-state index is 12.6. The molecule has 8 heteroatoms. The van der Waals surface area contributed by atoms with Crippen molar-refractivity contribution in [1.29, 1.82) is 5.26 Å². The summed E-state index contributed by atoms with van der Waals surface area (Å²) in [7, 11) is 1.61. The zero-order valence-corrected chi connectivity index (χ0v) is 15.6. The summed E-state index contributed by atoms with van der Waals surface area (Å²) in [5, 5.41) is 12.2. The molecule has 0 saturated carbocycles. The van der Waals surface area contributed by atoms with Gasteiger partial charge >= 0.3 is 6.03 Å². The number of anilines is 1. The Labute approximate surface area is 159 Å². The van der Waals surface area contributed by atoms with Crippen molar-refractivity contribution in [2.45, 2.75) is 18.9 Å². The minimum absolute atomic E-state index is 0.0302. The summed E-state index contributed by atoms with van der Waals surface area (Å²) < 4.78 is 5.14. The fourth-order valence-electron chi connectivity index (χ4n) is 3.50. The molecule has 0 unspecified atom stereocenters. The van der Waals surface area contributed by atoms with Crippen LogP contribution in [0.3, 0.4) is 0 Å². The van der Waals surface area contributed by atoms with Crippen molar-refractivity contribution < 1.29 is 14.3 Å². The highest BCUT2D eigenvalue weighted by molar-refractivity contribution is 5.94. The number of urea groups is 1. The van der Waals surface area contributed by atoms with Crippen molar-refractivity contribution >= 4 is 17.6 Å². The second-order valence-corrected chi connectivity index (χ2v) is 6.67. The smallest absolute Gasteiger partial charge is 0.324 e. The fourth-order valence-corrected chi connectivity index (χ4v) is 3.50. The summed E-state index contributed by atoms with van der Waals surface area (Å²) in [5.74, 6) is 0.708. The van der Waals surface area contributed by atoms with Gasteiger partial charge in [0.15, 0.2) is 0 Å². The molecule has 3 rings (SSSR count). The molecule has 1 aromatic rings. The van der Waals surface area contributed by atoms with Gasteiger partial charge in [-0.15, -0.1) is 0 Å². The molecule has 8 nitrogen and oxygen atoms in total. The van der Waals surface area contributed by atoms with Gasteiger partial charge in [0.1, 0.15) is 11.8 Å². The molecule has 0 spiro atoms. The zero-order chi connectivity index (χ0) is 19.2. The van der Waals surface area contributed by atoms with Gasteiger partial charge in [-0.1, -0.05) is 0 Å². The monoisotopic (exact) mass is 371 g/mol. The first kappa shape index (κ1) is 19.0. The third-order valence-corrected chi connectivity index (χ3v) is 5.04. The van der Waals surface area contributed by atoms with Crippen LogP contribution in [0.4, 0.5) is 10.5 Å². The Kier molecular flexibility index (Phi) is 6.14. The lowest BCUT2D eigenvalue weighted by atomic mass is 10.2. The maximum atomic E-state index is 12.6. The molecule has 1 N–H and O–H groups in total. The van der Waals surface area contributed by atoms with Crippen LogP contribution in [0.1, 0.15) is 12.8 Å². The van der Waals surface area contributed by atoms with Crippen molar-refractivity contribution in [1.82, 2.24) is 15.1 Å². The number of nitrogens with one attached hydrogen (secondary N) is 1. The number of methoxy groups -OCH3 is 1. The van der Waals surface area contributed by atoms with Crippen LogP contribution in [0, 0.1) is 11.3 Å². The van der Waals surface area contributed by atoms with E-state index in [1.165, 1.54) is 0 Å². The first-order chi connectivity index (χ1) is 13.1.